The maximum Gasteiger partial charge on any atom is 0.0907 e. The molecule has 1 unspecified atom stereocenters. The van der Waals surface area contributed by atoms with E-state index in [0.29, 0.717) is 0 Å². The van der Waals surface area contributed by atoms with Gasteiger partial charge < -0.3 is 0 Å². The fourth-order valence-corrected chi connectivity index (χ4v) is 0.923. The smallest absolute Gasteiger partial charge is 0.0907 e. The van der Waals surface area contributed by atoms with Crippen molar-refractivity contribution in [1.29, 1.82) is 0 Å². The van der Waals surface area contributed by atoms with E-state index in [-0.39, 0.29) is 5.41 Å². The molecular weight excluding hydrogens is 112 g/mol. The van der Waals surface area contributed by atoms with Crippen LogP contribution in [0.1, 0.15) is 40.5 Å². The molecule has 0 rings (SSSR count). The van der Waals surface area contributed by atoms with Crippen LogP contribution in [0.4, 0.5) is 0 Å². The summed E-state index contributed by atoms with van der Waals surface area (Å²) in [5, 5.41) is 10.7. The molecule has 55 valence electrons. The summed E-state index contributed by atoms with van der Waals surface area (Å²) in [4.78, 5) is 0. The molecule has 0 aromatic rings. The highest BCUT2D eigenvalue weighted by Crippen LogP contribution is 2.25. The number of hydrogen-bond donors (Lipinski definition) is 0. The lowest BCUT2D eigenvalue weighted by atomic mass is 9.85. The summed E-state index contributed by atoms with van der Waals surface area (Å²) in [6.07, 6.45) is 1.49. The summed E-state index contributed by atoms with van der Waals surface area (Å²) >= 11 is 0. The van der Waals surface area contributed by atoms with Crippen molar-refractivity contribution < 1.29 is 5.11 Å². The molecule has 0 saturated heterocycles. The zero-order valence-corrected chi connectivity index (χ0v) is 6.90. The summed E-state index contributed by atoms with van der Waals surface area (Å²) in [5.41, 5.74) is 0.251. The van der Waals surface area contributed by atoms with E-state index >= 15 is 0 Å². The van der Waals surface area contributed by atoms with Crippen LogP contribution < -0.4 is 0 Å². The van der Waals surface area contributed by atoms with Gasteiger partial charge >= 0.3 is 0 Å². The molecule has 0 heterocycles. The lowest BCUT2D eigenvalue weighted by molar-refractivity contribution is 0.0611. The van der Waals surface area contributed by atoms with Crippen molar-refractivity contribution in [3.8, 4) is 0 Å². The van der Waals surface area contributed by atoms with E-state index in [1.807, 2.05) is 0 Å². The fraction of sp³-hybridized carbons (Fsp3) is 1.00. The Labute approximate surface area is 58.1 Å². The molecule has 9 heavy (non-hydrogen) atoms. The van der Waals surface area contributed by atoms with Crippen molar-refractivity contribution >= 4 is 0 Å². The Hall–Kier alpha value is -0.0400. The second-order valence-corrected chi connectivity index (χ2v) is 3.53. The highest BCUT2D eigenvalue weighted by Gasteiger charge is 2.17. The molecule has 1 radical (unpaired) electrons. The van der Waals surface area contributed by atoms with Crippen LogP contribution in [0, 0.1) is 5.41 Å². The molecule has 0 aliphatic rings. The maximum atomic E-state index is 10.7. The third kappa shape index (κ3) is 4.46. The normalized spacial score (nSPS) is 15.7. The highest BCUT2D eigenvalue weighted by molar-refractivity contribution is 4.68. The summed E-state index contributed by atoms with van der Waals surface area (Å²) in [5.74, 6) is 0. The molecule has 0 amide bonds. The van der Waals surface area contributed by atoms with Gasteiger partial charge in [0.2, 0.25) is 0 Å². The Balaban J connectivity index is 3.58. The first-order valence-corrected chi connectivity index (χ1v) is 3.64. The molecule has 0 bridgehead atoms. The largest absolute Gasteiger partial charge is 0.233 e. The maximum absolute atomic E-state index is 10.7. The second-order valence-electron chi connectivity index (χ2n) is 3.53. The number of hydrogen-bond acceptors (Lipinski definition) is 0. The predicted octanol–water partition coefficient (Wildman–Crippen LogP) is 2.63. The first-order chi connectivity index (χ1) is 3.98. The lowest BCUT2D eigenvalue weighted by Gasteiger charge is -2.22. The molecule has 0 saturated carbocycles. The van der Waals surface area contributed by atoms with Gasteiger partial charge in [0.15, 0.2) is 0 Å². The quantitative estimate of drug-likeness (QED) is 0.558. The van der Waals surface area contributed by atoms with Gasteiger partial charge in [0.05, 0.1) is 6.10 Å². The van der Waals surface area contributed by atoms with Gasteiger partial charge in [0.25, 0.3) is 0 Å². The van der Waals surface area contributed by atoms with Crippen molar-refractivity contribution in [2.75, 3.05) is 0 Å². The molecule has 0 spiro atoms. The summed E-state index contributed by atoms with van der Waals surface area (Å²) in [7, 11) is 0. The van der Waals surface area contributed by atoms with E-state index in [1.54, 1.807) is 6.92 Å². The molecular formula is C8H17O. The molecule has 0 N–H and O–H groups in total. The summed E-state index contributed by atoms with van der Waals surface area (Å²) in [6, 6.07) is 0. The first-order valence-electron chi connectivity index (χ1n) is 3.64. The van der Waals surface area contributed by atoms with Crippen LogP contribution in [0.3, 0.4) is 0 Å². The molecule has 0 aromatic carbocycles. The van der Waals surface area contributed by atoms with Crippen molar-refractivity contribution in [3.05, 3.63) is 0 Å². The van der Waals surface area contributed by atoms with Crippen LogP contribution in [0.5, 0.6) is 0 Å². The van der Waals surface area contributed by atoms with Crippen LogP contribution in [-0.2, 0) is 5.11 Å². The Morgan fingerprint density at radius 1 is 1.44 bits per heavy atom. The van der Waals surface area contributed by atoms with E-state index in [4.69, 9.17) is 0 Å². The van der Waals surface area contributed by atoms with E-state index in [1.165, 1.54) is 0 Å². The van der Waals surface area contributed by atoms with Crippen molar-refractivity contribution in [1.82, 2.24) is 0 Å². The molecule has 1 heteroatoms. The molecule has 0 fully saturated rings. The van der Waals surface area contributed by atoms with Gasteiger partial charge in [-0.25, -0.2) is 5.11 Å². The Bertz CT molecular complexity index is 74.6. The van der Waals surface area contributed by atoms with Crippen LogP contribution >= 0.6 is 0 Å². The minimum Gasteiger partial charge on any atom is -0.233 e. The zero-order chi connectivity index (χ0) is 7.49. The second kappa shape index (κ2) is 3.21. The molecule has 1 nitrogen and oxygen atoms in total. The minimum atomic E-state index is -0.403. The van der Waals surface area contributed by atoms with E-state index in [9.17, 15) is 5.11 Å². The van der Waals surface area contributed by atoms with Crippen LogP contribution in [0.25, 0.3) is 0 Å². The zero-order valence-electron chi connectivity index (χ0n) is 6.90. The van der Waals surface area contributed by atoms with Crippen LogP contribution in [0.2, 0.25) is 0 Å². The Morgan fingerprint density at radius 2 is 1.89 bits per heavy atom. The average molecular weight is 129 g/mol. The van der Waals surface area contributed by atoms with Gasteiger partial charge in [-0.2, -0.15) is 0 Å². The average Bonchev–Trinajstić information content (AvgIpc) is 1.63. The van der Waals surface area contributed by atoms with Gasteiger partial charge in [-0.3, -0.25) is 0 Å². The third-order valence-corrected chi connectivity index (χ3v) is 1.80. The van der Waals surface area contributed by atoms with Crippen LogP contribution in [0.15, 0.2) is 0 Å². The van der Waals surface area contributed by atoms with Gasteiger partial charge in [-0.05, 0) is 18.8 Å². The first kappa shape index (κ1) is 8.96. The van der Waals surface area contributed by atoms with Gasteiger partial charge in [0, 0.05) is 0 Å². The molecule has 0 aromatic heterocycles. The lowest BCUT2D eigenvalue weighted by Crippen LogP contribution is -2.16. The van der Waals surface area contributed by atoms with Crippen molar-refractivity contribution in [3.63, 3.8) is 0 Å². The summed E-state index contributed by atoms with van der Waals surface area (Å²) in [6.45, 7) is 8.14. The Kier molecular flexibility index (Phi) is 3.20. The minimum absolute atomic E-state index is 0.251. The van der Waals surface area contributed by atoms with Gasteiger partial charge in [-0.15, -0.1) is 0 Å². The van der Waals surface area contributed by atoms with Gasteiger partial charge in [0.1, 0.15) is 0 Å². The van der Waals surface area contributed by atoms with E-state index in [2.05, 4.69) is 20.8 Å². The summed E-state index contributed by atoms with van der Waals surface area (Å²) < 4.78 is 0. The van der Waals surface area contributed by atoms with Crippen molar-refractivity contribution in [2.24, 2.45) is 5.41 Å². The Morgan fingerprint density at radius 3 is 2.00 bits per heavy atom. The predicted molar refractivity (Wildman–Crippen MR) is 38.8 cm³/mol. The highest BCUT2D eigenvalue weighted by atomic mass is 16.3. The van der Waals surface area contributed by atoms with E-state index in [0.717, 1.165) is 12.8 Å². The van der Waals surface area contributed by atoms with Gasteiger partial charge in [-0.1, -0.05) is 27.2 Å². The number of rotatable bonds is 3. The molecule has 0 aliphatic heterocycles. The monoisotopic (exact) mass is 129 g/mol. The molecule has 1 atom stereocenters. The SMILES string of the molecule is CCC(C)(C)CC(C)[O]. The standard InChI is InChI=1S/C8H17O/c1-5-8(3,4)6-7(2)9/h7H,5-6H2,1-4H3. The third-order valence-electron chi connectivity index (χ3n) is 1.80. The fourth-order valence-electron chi connectivity index (χ4n) is 0.923. The molecule has 0 aliphatic carbocycles. The van der Waals surface area contributed by atoms with Crippen molar-refractivity contribution in [2.45, 2.75) is 46.6 Å². The van der Waals surface area contributed by atoms with Crippen LogP contribution in [-0.4, -0.2) is 6.10 Å². The topological polar surface area (TPSA) is 19.9 Å². The van der Waals surface area contributed by atoms with E-state index < -0.39 is 6.10 Å².